The van der Waals surface area contributed by atoms with E-state index >= 15 is 0 Å². The van der Waals surface area contributed by atoms with Crippen molar-refractivity contribution in [3.63, 3.8) is 0 Å². The van der Waals surface area contributed by atoms with Crippen LogP contribution in [0.25, 0.3) is 0 Å². The van der Waals surface area contributed by atoms with Gasteiger partial charge in [0.1, 0.15) is 11.9 Å². The van der Waals surface area contributed by atoms with Crippen molar-refractivity contribution in [1.82, 2.24) is 5.32 Å². The number of benzene rings is 1. The van der Waals surface area contributed by atoms with Crippen molar-refractivity contribution in [1.29, 1.82) is 0 Å². The minimum Gasteiger partial charge on any atom is -0.488 e. The van der Waals surface area contributed by atoms with Crippen LogP contribution in [0.3, 0.4) is 0 Å². The quantitative estimate of drug-likeness (QED) is 0.790. The Morgan fingerprint density at radius 1 is 1.33 bits per heavy atom. The molecule has 0 amide bonds. The number of hydrogen-bond acceptors (Lipinski definition) is 2. The van der Waals surface area contributed by atoms with Gasteiger partial charge in [0.15, 0.2) is 0 Å². The molecule has 3 rings (SSSR count). The van der Waals surface area contributed by atoms with Crippen LogP contribution >= 0.6 is 0 Å². The van der Waals surface area contributed by atoms with E-state index in [1.807, 2.05) is 7.05 Å². The Morgan fingerprint density at radius 3 is 3.07 bits per heavy atom. The molecule has 1 unspecified atom stereocenters. The number of likely N-dealkylation sites (N-methyl/N-ethyl adjacent to an activating group) is 1. The van der Waals surface area contributed by atoms with Crippen LogP contribution in [0.4, 0.5) is 0 Å². The molecule has 1 heterocycles. The van der Waals surface area contributed by atoms with Gasteiger partial charge in [0.05, 0.1) is 0 Å². The first kappa shape index (κ1) is 9.22. The molecule has 1 aliphatic heterocycles. The van der Waals surface area contributed by atoms with Gasteiger partial charge in [0.2, 0.25) is 0 Å². The maximum atomic E-state index is 6.03. The lowest BCUT2D eigenvalue weighted by Crippen LogP contribution is -2.27. The lowest BCUT2D eigenvalue weighted by Gasteiger charge is -2.11. The lowest BCUT2D eigenvalue weighted by atomic mass is 10.0. The van der Waals surface area contributed by atoms with Crippen LogP contribution in [0.1, 0.15) is 23.1 Å². The van der Waals surface area contributed by atoms with E-state index in [0.717, 1.165) is 13.0 Å². The Morgan fingerprint density at radius 2 is 2.20 bits per heavy atom. The summed E-state index contributed by atoms with van der Waals surface area (Å²) >= 11 is 0. The summed E-state index contributed by atoms with van der Waals surface area (Å²) in [6.45, 7) is 0.948. The lowest BCUT2D eigenvalue weighted by molar-refractivity contribution is 0.230. The van der Waals surface area contributed by atoms with Crippen molar-refractivity contribution in [2.45, 2.75) is 31.8 Å². The summed E-state index contributed by atoms with van der Waals surface area (Å²) in [5.74, 6) is 1.21. The molecular weight excluding hydrogens is 186 g/mol. The van der Waals surface area contributed by atoms with Crippen molar-refractivity contribution < 1.29 is 4.74 Å². The third kappa shape index (κ3) is 1.44. The summed E-state index contributed by atoms with van der Waals surface area (Å²) in [5, 5.41) is 3.19. The van der Waals surface area contributed by atoms with E-state index in [-0.39, 0.29) is 0 Å². The number of fused-ring (bicyclic) bond motifs is 3. The minimum atomic E-state index is 0.345. The average molecular weight is 203 g/mol. The molecule has 1 atom stereocenters. The maximum absolute atomic E-state index is 6.03. The highest BCUT2D eigenvalue weighted by atomic mass is 16.5. The van der Waals surface area contributed by atoms with Crippen LogP contribution in [0.2, 0.25) is 0 Å². The molecule has 0 aromatic heterocycles. The predicted octanol–water partition coefficient (Wildman–Crippen LogP) is 1.70. The van der Waals surface area contributed by atoms with E-state index < -0.39 is 0 Å². The Balaban J connectivity index is 1.93. The molecule has 0 saturated carbocycles. The fraction of sp³-hybridized carbons (Fsp3) is 0.538. The van der Waals surface area contributed by atoms with Crippen LogP contribution in [-0.4, -0.2) is 19.7 Å². The van der Waals surface area contributed by atoms with Gasteiger partial charge in [-0.2, -0.15) is 0 Å². The molecule has 1 aromatic rings. The largest absolute Gasteiger partial charge is 0.488 e. The van der Waals surface area contributed by atoms with Crippen LogP contribution in [0.15, 0.2) is 12.1 Å². The van der Waals surface area contributed by atoms with Gasteiger partial charge in [0.25, 0.3) is 0 Å². The summed E-state index contributed by atoms with van der Waals surface area (Å²) in [5.41, 5.74) is 4.42. The number of ether oxygens (including phenoxy) is 1. The molecule has 1 aromatic carbocycles. The first-order valence-electron chi connectivity index (χ1n) is 5.83. The Bertz CT molecular complexity index is 386. The number of hydrogen-bond donors (Lipinski definition) is 1. The monoisotopic (exact) mass is 203 g/mol. The van der Waals surface area contributed by atoms with E-state index in [0.29, 0.717) is 6.10 Å². The molecule has 0 spiro atoms. The smallest absolute Gasteiger partial charge is 0.126 e. The molecule has 15 heavy (non-hydrogen) atoms. The van der Waals surface area contributed by atoms with Crippen LogP contribution < -0.4 is 10.1 Å². The second kappa shape index (κ2) is 3.53. The Labute approximate surface area is 90.6 Å². The zero-order valence-electron chi connectivity index (χ0n) is 9.18. The van der Waals surface area contributed by atoms with Gasteiger partial charge in [0, 0.05) is 13.0 Å². The molecule has 1 aliphatic carbocycles. The minimum absolute atomic E-state index is 0.345. The van der Waals surface area contributed by atoms with Gasteiger partial charge < -0.3 is 10.1 Å². The van der Waals surface area contributed by atoms with E-state index in [4.69, 9.17) is 4.74 Å². The van der Waals surface area contributed by atoms with Crippen LogP contribution in [0.5, 0.6) is 5.75 Å². The topological polar surface area (TPSA) is 21.3 Å². The zero-order chi connectivity index (χ0) is 10.3. The van der Waals surface area contributed by atoms with Crippen molar-refractivity contribution in [3.05, 3.63) is 28.8 Å². The van der Waals surface area contributed by atoms with Gasteiger partial charge in [-0.1, -0.05) is 12.1 Å². The normalized spacial score (nSPS) is 22.3. The predicted molar refractivity (Wildman–Crippen MR) is 60.5 cm³/mol. The van der Waals surface area contributed by atoms with Gasteiger partial charge in [-0.3, -0.25) is 0 Å². The van der Waals surface area contributed by atoms with Crippen LogP contribution in [0, 0.1) is 0 Å². The third-order valence-electron chi connectivity index (χ3n) is 3.48. The fourth-order valence-electron chi connectivity index (χ4n) is 2.78. The van der Waals surface area contributed by atoms with Crippen LogP contribution in [-0.2, 0) is 19.3 Å². The second-order valence-electron chi connectivity index (χ2n) is 4.55. The molecule has 2 heteroatoms. The number of aryl methyl sites for hydroxylation is 1. The van der Waals surface area contributed by atoms with Crippen molar-refractivity contribution in [2.75, 3.05) is 13.6 Å². The molecule has 80 valence electrons. The molecule has 2 aliphatic rings. The maximum Gasteiger partial charge on any atom is 0.126 e. The number of rotatable bonds is 2. The molecule has 0 fully saturated rings. The Hall–Kier alpha value is -1.02. The average Bonchev–Trinajstić information content (AvgIpc) is 2.80. The molecule has 2 nitrogen and oxygen atoms in total. The van der Waals surface area contributed by atoms with Crippen molar-refractivity contribution >= 4 is 0 Å². The molecule has 0 bridgehead atoms. The molecular formula is C13H17NO. The highest BCUT2D eigenvalue weighted by Crippen LogP contribution is 2.38. The summed E-state index contributed by atoms with van der Waals surface area (Å²) in [7, 11) is 1.98. The second-order valence-corrected chi connectivity index (χ2v) is 4.55. The van der Waals surface area contributed by atoms with E-state index in [9.17, 15) is 0 Å². The zero-order valence-corrected chi connectivity index (χ0v) is 9.18. The molecule has 0 radical (unpaired) electrons. The Kier molecular flexibility index (Phi) is 2.17. The number of nitrogens with one attached hydrogen (secondary N) is 1. The van der Waals surface area contributed by atoms with Gasteiger partial charge >= 0.3 is 0 Å². The van der Waals surface area contributed by atoms with E-state index in [1.54, 1.807) is 0 Å². The first-order valence-corrected chi connectivity index (χ1v) is 5.83. The fourth-order valence-corrected chi connectivity index (χ4v) is 2.78. The van der Waals surface area contributed by atoms with Gasteiger partial charge in [-0.25, -0.2) is 0 Å². The van der Waals surface area contributed by atoms with Gasteiger partial charge in [-0.15, -0.1) is 0 Å². The van der Waals surface area contributed by atoms with Gasteiger partial charge in [-0.05, 0) is 43.0 Å². The summed E-state index contributed by atoms with van der Waals surface area (Å²) in [6, 6.07) is 4.56. The van der Waals surface area contributed by atoms with E-state index in [2.05, 4.69) is 17.4 Å². The highest BCUT2D eigenvalue weighted by molar-refractivity contribution is 5.51. The highest BCUT2D eigenvalue weighted by Gasteiger charge is 2.27. The third-order valence-corrected chi connectivity index (χ3v) is 3.48. The SMILES string of the molecule is CNCC1Cc2ccc3c(c2O1)CCC3. The van der Waals surface area contributed by atoms with Crippen molar-refractivity contribution in [3.8, 4) is 5.75 Å². The summed E-state index contributed by atoms with van der Waals surface area (Å²) in [4.78, 5) is 0. The molecule has 1 N–H and O–H groups in total. The summed E-state index contributed by atoms with van der Waals surface area (Å²) < 4.78 is 6.03. The summed E-state index contributed by atoms with van der Waals surface area (Å²) in [6.07, 6.45) is 5.17. The molecule has 0 saturated heterocycles. The standard InChI is InChI=1S/C13H17NO/c1-14-8-11-7-10-6-5-9-3-2-4-12(9)13(10)15-11/h5-6,11,14H,2-4,7-8H2,1H3. The first-order chi connectivity index (χ1) is 7.38. The van der Waals surface area contributed by atoms with Crippen molar-refractivity contribution in [2.24, 2.45) is 0 Å². The van der Waals surface area contributed by atoms with E-state index in [1.165, 1.54) is 41.7 Å².